The summed E-state index contributed by atoms with van der Waals surface area (Å²) < 4.78 is 0. The first-order chi connectivity index (χ1) is 10.0. The van der Waals surface area contributed by atoms with Gasteiger partial charge in [0.1, 0.15) is 0 Å². The Kier molecular flexibility index (Phi) is 4.98. The third-order valence-electron chi connectivity index (χ3n) is 3.73. The molecule has 0 aliphatic heterocycles. The summed E-state index contributed by atoms with van der Waals surface area (Å²) in [6.07, 6.45) is 0.385. The molecule has 0 aliphatic rings. The zero-order valence-electron chi connectivity index (χ0n) is 13.0. The Balaban J connectivity index is 2.06. The minimum absolute atomic E-state index is 0.385. The molecule has 0 saturated heterocycles. The zero-order chi connectivity index (χ0) is 15.4. The summed E-state index contributed by atoms with van der Waals surface area (Å²) in [5, 5.41) is 13.1. The molecule has 1 aromatic heterocycles. The first-order valence-electron chi connectivity index (χ1n) is 7.16. The summed E-state index contributed by atoms with van der Waals surface area (Å²) in [6, 6.07) is 8.59. The molecule has 0 fully saturated rings. The van der Waals surface area contributed by atoms with Crippen LogP contribution in [0.4, 0.5) is 5.13 Å². The van der Waals surface area contributed by atoms with Crippen LogP contribution < -0.4 is 5.32 Å². The highest BCUT2D eigenvalue weighted by molar-refractivity contribution is 7.15. The molecule has 2 rings (SSSR count). The van der Waals surface area contributed by atoms with Gasteiger partial charge in [-0.05, 0) is 43.4 Å². The molecule has 3 nitrogen and oxygen atoms in total. The van der Waals surface area contributed by atoms with Crippen LogP contribution in [0.2, 0.25) is 0 Å². The van der Waals surface area contributed by atoms with Crippen molar-refractivity contribution in [3.8, 4) is 6.07 Å². The first kappa shape index (κ1) is 15.5. The highest BCUT2D eigenvalue weighted by Crippen LogP contribution is 2.26. The second-order valence-electron chi connectivity index (χ2n) is 5.44. The molecule has 1 aromatic carbocycles. The van der Waals surface area contributed by atoms with Gasteiger partial charge in [0.15, 0.2) is 5.13 Å². The molecule has 110 valence electrons. The number of hydrogen-bond acceptors (Lipinski definition) is 4. The minimum Gasteiger partial charge on any atom is -0.361 e. The number of anilines is 1. The Morgan fingerprint density at radius 3 is 2.57 bits per heavy atom. The minimum atomic E-state index is 0.385. The molecule has 0 saturated carbocycles. The van der Waals surface area contributed by atoms with Crippen LogP contribution in [-0.2, 0) is 6.42 Å². The van der Waals surface area contributed by atoms with Gasteiger partial charge in [0.25, 0.3) is 0 Å². The summed E-state index contributed by atoms with van der Waals surface area (Å²) in [5.74, 6) is 0.426. The van der Waals surface area contributed by atoms with Gasteiger partial charge >= 0.3 is 0 Å². The summed E-state index contributed by atoms with van der Waals surface area (Å²) in [5.41, 5.74) is 4.98. The lowest BCUT2D eigenvalue weighted by atomic mass is 9.92. The molecule has 0 bridgehead atoms. The van der Waals surface area contributed by atoms with Crippen LogP contribution in [0.25, 0.3) is 0 Å². The Hall–Kier alpha value is -1.86. The lowest BCUT2D eigenvalue weighted by Crippen LogP contribution is -2.12. The van der Waals surface area contributed by atoms with Gasteiger partial charge in [0, 0.05) is 11.4 Å². The molecule has 0 amide bonds. The fourth-order valence-corrected chi connectivity index (χ4v) is 3.53. The van der Waals surface area contributed by atoms with Crippen LogP contribution in [0.1, 0.15) is 40.1 Å². The Morgan fingerprint density at radius 2 is 1.95 bits per heavy atom. The van der Waals surface area contributed by atoms with Gasteiger partial charge in [0.05, 0.1) is 18.2 Å². The van der Waals surface area contributed by atoms with Crippen LogP contribution in [0.5, 0.6) is 0 Å². The number of aryl methyl sites for hydroxylation is 3. The topological polar surface area (TPSA) is 48.7 Å². The van der Waals surface area contributed by atoms with E-state index in [2.05, 4.69) is 55.3 Å². The van der Waals surface area contributed by atoms with E-state index in [0.717, 1.165) is 22.2 Å². The maximum absolute atomic E-state index is 8.78. The average Bonchev–Trinajstić information content (AvgIpc) is 2.77. The predicted octanol–water partition coefficient (Wildman–Crippen LogP) is 4.35. The molecule has 1 unspecified atom stereocenters. The van der Waals surface area contributed by atoms with Crippen LogP contribution in [0, 0.1) is 32.1 Å². The number of aromatic nitrogens is 1. The second kappa shape index (κ2) is 6.73. The largest absolute Gasteiger partial charge is 0.361 e. The van der Waals surface area contributed by atoms with E-state index in [4.69, 9.17) is 5.26 Å². The van der Waals surface area contributed by atoms with Crippen LogP contribution in [-0.4, -0.2) is 11.5 Å². The van der Waals surface area contributed by atoms with E-state index in [-0.39, 0.29) is 0 Å². The number of rotatable bonds is 5. The van der Waals surface area contributed by atoms with Crippen molar-refractivity contribution in [2.75, 3.05) is 11.9 Å². The number of nitrogens with zero attached hydrogens (tertiary/aromatic N) is 2. The highest BCUT2D eigenvalue weighted by atomic mass is 32.1. The number of benzene rings is 1. The molecule has 1 atom stereocenters. The van der Waals surface area contributed by atoms with E-state index < -0.39 is 0 Å². The summed E-state index contributed by atoms with van der Waals surface area (Å²) in [4.78, 5) is 5.62. The van der Waals surface area contributed by atoms with Gasteiger partial charge in [-0.1, -0.05) is 25.1 Å². The smallest absolute Gasteiger partial charge is 0.183 e. The lowest BCUT2D eigenvalue weighted by molar-refractivity contribution is 0.789. The monoisotopic (exact) mass is 299 g/mol. The fraction of sp³-hybridized carbons (Fsp3) is 0.412. The molecular weight excluding hydrogens is 278 g/mol. The molecule has 0 aliphatic carbocycles. The molecule has 1 heterocycles. The van der Waals surface area contributed by atoms with Gasteiger partial charge in [-0.15, -0.1) is 11.3 Å². The van der Waals surface area contributed by atoms with Gasteiger partial charge in [0.2, 0.25) is 0 Å². The molecule has 4 heteroatoms. The molecule has 1 N–H and O–H groups in total. The Bertz CT molecular complexity index is 647. The number of thiazole rings is 1. The van der Waals surface area contributed by atoms with Gasteiger partial charge in [-0.25, -0.2) is 4.98 Å². The van der Waals surface area contributed by atoms with E-state index in [0.29, 0.717) is 12.3 Å². The number of nitrogens with one attached hydrogen (secondary N) is 1. The van der Waals surface area contributed by atoms with Crippen molar-refractivity contribution in [3.05, 3.63) is 45.5 Å². The Morgan fingerprint density at radius 1 is 1.29 bits per heavy atom. The zero-order valence-corrected chi connectivity index (χ0v) is 13.8. The molecule has 21 heavy (non-hydrogen) atoms. The van der Waals surface area contributed by atoms with Gasteiger partial charge in [-0.2, -0.15) is 5.26 Å². The van der Waals surface area contributed by atoms with Crippen LogP contribution >= 0.6 is 11.3 Å². The van der Waals surface area contributed by atoms with Crippen LogP contribution in [0.3, 0.4) is 0 Å². The second-order valence-corrected chi connectivity index (χ2v) is 6.65. The van der Waals surface area contributed by atoms with Crippen molar-refractivity contribution in [1.29, 1.82) is 5.26 Å². The van der Waals surface area contributed by atoms with Crippen molar-refractivity contribution in [2.24, 2.45) is 0 Å². The quantitative estimate of drug-likeness (QED) is 0.893. The fourth-order valence-electron chi connectivity index (χ4n) is 2.69. The summed E-state index contributed by atoms with van der Waals surface area (Å²) in [6.45, 7) is 9.43. The van der Waals surface area contributed by atoms with Crippen molar-refractivity contribution in [2.45, 2.75) is 40.0 Å². The number of nitriles is 1. The number of hydrogen-bond donors (Lipinski definition) is 1. The standard InChI is InChI=1S/C17H21N3S/c1-11-6-5-7-12(2)16(11)13(3)10-19-17-20-15(8-9-18)14(4)21-17/h5-7,13H,8,10H2,1-4H3,(H,19,20). The van der Waals surface area contributed by atoms with Crippen molar-refractivity contribution < 1.29 is 0 Å². The third kappa shape index (κ3) is 3.62. The Labute approximate surface area is 130 Å². The van der Waals surface area contributed by atoms with Crippen molar-refractivity contribution in [3.63, 3.8) is 0 Å². The SMILES string of the molecule is Cc1cccc(C)c1C(C)CNc1nc(CC#N)c(C)s1. The molecule has 2 aromatic rings. The normalized spacial score (nSPS) is 12.0. The van der Waals surface area contributed by atoms with Crippen molar-refractivity contribution >= 4 is 16.5 Å². The van der Waals surface area contributed by atoms with E-state index in [1.54, 1.807) is 11.3 Å². The van der Waals surface area contributed by atoms with E-state index in [1.165, 1.54) is 16.7 Å². The van der Waals surface area contributed by atoms with Crippen molar-refractivity contribution in [1.82, 2.24) is 4.98 Å². The maximum atomic E-state index is 8.78. The van der Waals surface area contributed by atoms with Gasteiger partial charge < -0.3 is 5.32 Å². The highest BCUT2D eigenvalue weighted by Gasteiger charge is 2.13. The molecule has 0 radical (unpaired) electrons. The van der Waals surface area contributed by atoms with E-state index in [9.17, 15) is 0 Å². The average molecular weight is 299 g/mol. The van der Waals surface area contributed by atoms with E-state index >= 15 is 0 Å². The lowest BCUT2D eigenvalue weighted by Gasteiger charge is -2.17. The van der Waals surface area contributed by atoms with E-state index in [1.807, 2.05) is 6.92 Å². The third-order valence-corrected chi connectivity index (χ3v) is 4.70. The molecular formula is C17H21N3S. The maximum Gasteiger partial charge on any atom is 0.183 e. The van der Waals surface area contributed by atoms with Gasteiger partial charge in [-0.3, -0.25) is 0 Å². The summed E-state index contributed by atoms with van der Waals surface area (Å²) in [7, 11) is 0. The molecule has 0 spiro atoms. The van der Waals surface area contributed by atoms with Crippen LogP contribution in [0.15, 0.2) is 18.2 Å². The predicted molar refractivity (Wildman–Crippen MR) is 89.0 cm³/mol. The summed E-state index contributed by atoms with van der Waals surface area (Å²) >= 11 is 1.63. The first-order valence-corrected chi connectivity index (χ1v) is 7.97.